The molecule has 1 aromatic heterocycles. The van der Waals surface area contributed by atoms with Crippen molar-refractivity contribution in [2.75, 3.05) is 19.6 Å². The van der Waals surface area contributed by atoms with Crippen molar-refractivity contribution in [1.82, 2.24) is 14.6 Å². The predicted molar refractivity (Wildman–Crippen MR) is 94.0 cm³/mol. The number of rotatable bonds is 5. The second-order valence-electron chi connectivity index (χ2n) is 6.91. The van der Waals surface area contributed by atoms with E-state index in [2.05, 4.69) is 10.3 Å². The van der Waals surface area contributed by atoms with E-state index in [-0.39, 0.29) is 22.8 Å². The van der Waals surface area contributed by atoms with Crippen molar-refractivity contribution in [3.63, 3.8) is 0 Å². The molecule has 0 aromatic carbocycles. The van der Waals surface area contributed by atoms with Crippen LogP contribution in [0, 0.1) is 11.8 Å². The lowest BCUT2D eigenvalue weighted by Gasteiger charge is -2.31. The van der Waals surface area contributed by atoms with Gasteiger partial charge in [-0.25, -0.2) is 8.42 Å². The van der Waals surface area contributed by atoms with Crippen molar-refractivity contribution >= 4 is 15.9 Å². The van der Waals surface area contributed by atoms with Crippen LogP contribution < -0.4 is 11.1 Å². The highest BCUT2D eigenvalue weighted by atomic mass is 32.2. The van der Waals surface area contributed by atoms with E-state index in [0.717, 1.165) is 19.3 Å². The number of pyridine rings is 1. The molecule has 1 aliphatic carbocycles. The van der Waals surface area contributed by atoms with Gasteiger partial charge in [0.15, 0.2) is 0 Å². The van der Waals surface area contributed by atoms with Crippen LogP contribution in [0.1, 0.15) is 32.1 Å². The summed E-state index contributed by atoms with van der Waals surface area (Å²) in [5.41, 5.74) is 5.77. The van der Waals surface area contributed by atoms with Gasteiger partial charge in [-0.2, -0.15) is 4.31 Å². The molecule has 2 unspecified atom stereocenters. The van der Waals surface area contributed by atoms with Gasteiger partial charge < -0.3 is 11.1 Å². The lowest BCUT2D eigenvalue weighted by Crippen LogP contribution is -2.46. The molecule has 1 saturated heterocycles. The highest BCUT2D eigenvalue weighted by Crippen LogP contribution is 2.27. The highest BCUT2D eigenvalue weighted by molar-refractivity contribution is 7.89. The number of carbonyl (C=O) groups is 1. The fourth-order valence-electron chi connectivity index (χ4n) is 3.82. The van der Waals surface area contributed by atoms with E-state index >= 15 is 0 Å². The van der Waals surface area contributed by atoms with E-state index in [4.69, 9.17) is 5.73 Å². The Balaban J connectivity index is 1.56. The summed E-state index contributed by atoms with van der Waals surface area (Å²) in [6, 6.07) is 3.34. The zero-order valence-electron chi connectivity index (χ0n) is 14.3. The maximum absolute atomic E-state index is 12.6. The monoisotopic (exact) mass is 366 g/mol. The standard InChI is InChI=1S/C17H26N4O3S/c18-11-14-3-1-5-16(14)20-17(22)13-6-9-21(10-7-13)25(23,24)15-4-2-8-19-12-15/h2,4,8,12-14,16H,1,3,5-7,9-11,18H2,(H,20,22). The number of carbonyl (C=O) groups excluding carboxylic acids is 1. The Bertz CT molecular complexity index is 687. The van der Waals surface area contributed by atoms with Crippen LogP contribution in [0.5, 0.6) is 0 Å². The van der Waals surface area contributed by atoms with Crippen molar-refractivity contribution in [1.29, 1.82) is 0 Å². The molecule has 3 N–H and O–H groups in total. The van der Waals surface area contributed by atoms with Crippen LogP contribution in [0.15, 0.2) is 29.4 Å². The normalized spacial score (nSPS) is 25.8. The Kier molecular flexibility index (Phi) is 5.71. The van der Waals surface area contributed by atoms with Gasteiger partial charge >= 0.3 is 0 Å². The number of hydrogen-bond acceptors (Lipinski definition) is 5. The lowest BCUT2D eigenvalue weighted by molar-refractivity contribution is -0.127. The molecule has 1 aromatic rings. The molecule has 1 aliphatic heterocycles. The van der Waals surface area contributed by atoms with Crippen LogP contribution >= 0.6 is 0 Å². The van der Waals surface area contributed by atoms with Gasteiger partial charge in [-0.05, 0) is 50.3 Å². The van der Waals surface area contributed by atoms with Gasteiger partial charge in [0.05, 0.1) is 0 Å². The van der Waals surface area contributed by atoms with Crippen LogP contribution in [0.4, 0.5) is 0 Å². The van der Waals surface area contributed by atoms with Gasteiger partial charge in [-0.15, -0.1) is 0 Å². The molecule has 1 amide bonds. The number of sulfonamides is 1. The van der Waals surface area contributed by atoms with E-state index in [9.17, 15) is 13.2 Å². The minimum absolute atomic E-state index is 0.0452. The Morgan fingerprint density at radius 2 is 2.04 bits per heavy atom. The number of nitrogens with zero attached hydrogens (tertiary/aromatic N) is 2. The quantitative estimate of drug-likeness (QED) is 0.799. The molecule has 0 bridgehead atoms. The average Bonchev–Trinajstić information content (AvgIpc) is 3.09. The number of nitrogens with one attached hydrogen (secondary N) is 1. The molecule has 8 heteroatoms. The molecule has 2 heterocycles. The molecular weight excluding hydrogens is 340 g/mol. The van der Waals surface area contributed by atoms with E-state index in [1.165, 1.54) is 10.5 Å². The van der Waals surface area contributed by atoms with Gasteiger partial charge in [-0.1, -0.05) is 6.42 Å². The van der Waals surface area contributed by atoms with Gasteiger partial charge in [0.25, 0.3) is 0 Å². The molecule has 1 saturated carbocycles. The third kappa shape index (κ3) is 4.02. The average molecular weight is 366 g/mol. The van der Waals surface area contributed by atoms with Crippen molar-refractivity contribution in [2.24, 2.45) is 17.6 Å². The second-order valence-corrected chi connectivity index (χ2v) is 8.85. The first kappa shape index (κ1) is 18.3. The van der Waals surface area contributed by atoms with E-state index in [1.807, 2.05) is 0 Å². The Morgan fingerprint density at radius 1 is 1.28 bits per heavy atom. The molecule has 7 nitrogen and oxygen atoms in total. The first-order valence-corrected chi connectivity index (χ1v) is 10.4. The van der Waals surface area contributed by atoms with Crippen molar-refractivity contribution in [2.45, 2.75) is 43.0 Å². The Labute approximate surface area is 149 Å². The smallest absolute Gasteiger partial charge is 0.244 e. The maximum Gasteiger partial charge on any atom is 0.244 e. The summed E-state index contributed by atoms with van der Waals surface area (Å²) in [5.74, 6) is 0.290. The minimum atomic E-state index is -3.52. The topological polar surface area (TPSA) is 105 Å². The zero-order valence-corrected chi connectivity index (χ0v) is 15.1. The van der Waals surface area contributed by atoms with E-state index in [0.29, 0.717) is 38.4 Å². The minimum Gasteiger partial charge on any atom is -0.353 e. The summed E-state index contributed by atoms with van der Waals surface area (Å²) >= 11 is 0. The van der Waals surface area contributed by atoms with Gasteiger partial charge in [0.1, 0.15) is 4.90 Å². The van der Waals surface area contributed by atoms with Crippen molar-refractivity contribution in [3.05, 3.63) is 24.5 Å². The molecule has 2 atom stereocenters. The maximum atomic E-state index is 12.6. The third-order valence-electron chi connectivity index (χ3n) is 5.39. The van der Waals surface area contributed by atoms with Gasteiger partial charge in [0.2, 0.25) is 15.9 Å². The zero-order chi connectivity index (χ0) is 17.9. The molecule has 3 rings (SSSR count). The fourth-order valence-corrected chi connectivity index (χ4v) is 5.25. The van der Waals surface area contributed by atoms with Crippen LogP contribution in [-0.4, -0.2) is 49.3 Å². The molecule has 2 aliphatic rings. The predicted octanol–water partition coefficient (Wildman–Crippen LogP) is 0.726. The molecule has 0 spiro atoms. The van der Waals surface area contributed by atoms with Crippen LogP contribution in [0.3, 0.4) is 0 Å². The summed E-state index contributed by atoms with van der Waals surface area (Å²) in [6.45, 7) is 1.33. The van der Waals surface area contributed by atoms with Gasteiger partial charge in [0, 0.05) is 37.4 Å². The van der Waals surface area contributed by atoms with Crippen LogP contribution in [0.25, 0.3) is 0 Å². The van der Waals surface area contributed by atoms with Crippen LogP contribution in [-0.2, 0) is 14.8 Å². The van der Waals surface area contributed by atoms with Crippen LogP contribution in [0.2, 0.25) is 0 Å². The number of nitrogens with two attached hydrogens (primary N) is 1. The molecule has 138 valence electrons. The van der Waals surface area contributed by atoms with E-state index < -0.39 is 10.0 Å². The van der Waals surface area contributed by atoms with E-state index in [1.54, 1.807) is 18.3 Å². The Morgan fingerprint density at radius 3 is 2.68 bits per heavy atom. The first-order valence-electron chi connectivity index (χ1n) is 8.93. The molecule has 25 heavy (non-hydrogen) atoms. The summed E-state index contributed by atoms with van der Waals surface area (Å²) in [5, 5.41) is 3.14. The SMILES string of the molecule is NCC1CCCC1NC(=O)C1CCN(S(=O)(=O)c2cccnc2)CC1. The number of aromatic nitrogens is 1. The molecule has 0 radical (unpaired) electrons. The number of piperidine rings is 1. The second kappa shape index (κ2) is 7.80. The lowest BCUT2D eigenvalue weighted by atomic mass is 9.95. The Hall–Kier alpha value is -1.51. The van der Waals surface area contributed by atoms with Crippen molar-refractivity contribution < 1.29 is 13.2 Å². The first-order chi connectivity index (χ1) is 12.0. The summed E-state index contributed by atoms with van der Waals surface area (Å²) in [7, 11) is -3.52. The largest absolute Gasteiger partial charge is 0.353 e. The number of amides is 1. The van der Waals surface area contributed by atoms with Gasteiger partial charge in [-0.3, -0.25) is 9.78 Å². The summed E-state index contributed by atoms with van der Waals surface area (Å²) in [4.78, 5) is 16.6. The number of hydrogen-bond donors (Lipinski definition) is 2. The molecular formula is C17H26N4O3S. The summed E-state index contributed by atoms with van der Waals surface area (Å²) in [6.07, 6.45) is 7.17. The van der Waals surface area contributed by atoms with Crippen molar-refractivity contribution in [3.8, 4) is 0 Å². The highest BCUT2D eigenvalue weighted by Gasteiger charge is 2.34. The summed E-state index contributed by atoms with van der Waals surface area (Å²) < 4.78 is 26.6. The fraction of sp³-hybridized carbons (Fsp3) is 0.647. The molecule has 2 fully saturated rings. The third-order valence-corrected chi connectivity index (χ3v) is 7.27.